The topological polar surface area (TPSA) is 40.5 Å². The summed E-state index contributed by atoms with van der Waals surface area (Å²) in [5.74, 6) is 2.38. The Bertz CT molecular complexity index is 916. The van der Waals surface area contributed by atoms with Crippen LogP contribution in [0.4, 0.5) is 0 Å². The highest BCUT2D eigenvalue weighted by molar-refractivity contribution is 5.51. The summed E-state index contributed by atoms with van der Waals surface area (Å²) >= 11 is 0. The molecule has 0 amide bonds. The van der Waals surface area contributed by atoms with E-state index in [0.29, 0.717) is 23.5 Å². The third-order valence-electron chi connectivity index (χ3n) is 8.32. The van der Waals surface area contributed by atoms with E-state index in [2.05, 4.69) is 37.3 Å². The highest BCUT2D eigenvalue weighted by atomic mass is 16.3. The van der Waals surface area contributed by atoms with Crippen LogP contribution in [0.2, 0.25) is 0 Å². The number of hydrogen-bond donors (Lipinski definition) is 2. The van der Waals surface area contributed by atoms with E-state index in [1.165, 1.54) is 36.0 Å². The van der Waals surface area contributed by atoms with Crippen molar-refractivity contribution in [1.82, 2.24) is 0 Å². The summed E-state index contributed by atoms with van der Waals surface area (Å²) in [6, 6.07) is 14.7. The van der Waals surface area contributed by atoms with Crippen LogP contribution in [-0.2, 0) is 12.8 Å². The second-order valence-electron chi connectivity index (χ2n) is 9.75. The molecule has 0 saturated heterocycles. The first-order valence-electron chi connectivity index (χ1n) is 11.3. The summed E-state index contributed by atoms with van der Waals surface area (Å²) in [6.07, 6.45) is 11.6. The van der Waals surface area contributed by atoms with Crippen LogP contribution in [0.15, 0.2) is 48.5 Å². The Labute approximate surface area is 174 Å². The van der Waals surface area contributed by atoms with Gasteiger partial charge in [0.05, 0.1) is 6.10 Å². The van der Waals surface area contributed by atoms with Crippen LogP contribution in [0.25, 0.3) is 6.08 Å². The first-order valence-corrected chi connectivity index (χ1v) is 11.3. The third kappa shape index (κ3) is 3.22. The van der Waals surface area contributed by atoms with Crippen LogP contribution in [0, 0.1) is 17.3 Å². The Morgan fingerprint density at radius 1 is 1.07 bits per heavy atom. The fourth-order valence-corrected chi connectivity index (χ4v) is 6.68. The van der Waals surface area contributed by atoms with Gasteiger partial charge in [-0.2, -0.15) is 0 Å². The minimum absolute atomic E-state index is 0.117. The quantitative estimate of drug-likeness (QED) is 0.691. The number of hydrogen-bond acceptors (Lipinski definition) is 2. The zero-order chi connectivity index (χ0) is 20.0. The molecule has 0 heterocycles. The van der Waals surface area contributed by atoms with Crippen LogP contribution in [0.1, 0.15) is 67.2 Å². The fourth-order valence-electron chi connectivity index (χ4n) is 6.68. The zero-order valence-corrected chi connectivity index (χ0v) is 17.3. The molecule has 2 aromatic rings. The molecule has 2 aromatic carbocycles. The van der Waals surface area contributed by atoms with Gasteiger partial charge in [0.15, 0.2) is 0 Å². The average molecular weight is 389 g/mol. The van der Waals surface area contributed by atoms with Crippen molar-refractivity contribution in [3.05, 3.63) is 70.8 Å². The molecule has 152 valence electrons. The van der Waals surface area contributed by atoms with E-state index in [9.17, 15) is 10.2 Å². The number of aliphatic hydroxyl groups is 1. The lowest BCUT2D eigenvalue weighted by Crippen LogP contribution is -2.43. The number of phenols is 1. The number of fused-ring (bicyclic) bond motifs is 5. The molecule has 3 aliphatic rings. The molecule has 2 nitrogen and oxygen atoms in total. The normalized spacial score (nSPS) is 33.3. The van der Waals surface area contributed by atoms with Crippen LogP contribution >= 0.6 is 0 Å². The molecule has 2 heteroatoms. The molecule has 0 unspecified atom stereocenters. The number of rotatable bonds is 3. The Kier molecular flexibility index (Phi) is 4.78. The summed E-state index contributed by atoms with van der Waals surface area (Å²) < 4.78 is 0. The monoisotopic (exact) mass is 388 g/mol. The van der Waals surface area contributed by atoms with Crippen LogP contribution in [0.3, 0.4) is 0 Å². The van der Waals surface area contributed by atoms with E-state index < -0.39 is 0 Å². The Hall–Kier alpha value is -2.06. The molecule has 5 rings (SSSR count). The molecular formula is C27H32O2. The number of phenolic OH excluding ortho intramolecular Hbond substituents is 1. The average Bonchev–Trinajstić information content (AvgIpc) is 3.04. The third-order valence-corrected chi connectivity index (χ3v) is 8.32. The summed E-state index contributed by atoms with van der Waals surface area (Å²) in [5.41, 5.74) is 5.18. The molecule has 0 radical (unpaired) electrons. The number of allylic oxidation sites excluding steroid dienone is 1. The minimum Gasteiger partial charge on any atom is -0.508 e. The lowest BCUT2D eigenvalue weighted by Gasteiger charge is -2.50. The molecule has 3 aliphatic carbocycles. The molecular weight excluding hydrogens is 356 g/mol. The second kappa shape index (κ2) is 7.32. The van der Waals surface area contributed by atoms with Gasteiger partial charge in [-0.1, -0.05) is 55.5 Å². The Morgan fingerprint density at radius 3 is 2.72 bits per heavy atom. The van der Waals surface area contributed by atoms with Crippen LogP contribution in [0.5, 0.6) is 5.75 Å². The van der Waals surface area contributed by atoms with E-state index in [1.807, 2.05) is 24.3 Å². The number of benzene rings is 2. The molecule has 0 aliphatic heterocycles. The summed E-state index contributed by atoms with van der Waals surface area (Å²) in [7, 11) is 0. The van der Waals surface area contributed by atoms with Crippen molar-refractivity contribution in [3.63, 3.8) is 0 Å². The first kappa shape index (κ1) is 18.9. The van der Waals surface area contributed by atoms with E-state index in [1.54, 1.807) is 0 Å². The van der Waals surface area contributed by atoms with Crippen LogP contribution < -0.4 is 0 Å². The van der Waals surface area contributed by atoms with Gasteiger partial charge in [-0.05, 0) is 96.4 Å². The first-order chi connectivity index (χ1) is 14.1. The number of aryl methyl sites for hydroxylation is 1. The molecule has 2 saturated carbocycles. The zero-order valence-electron chi connectivity index (χ0n) is 17.3. The summed E-state index contributed by atoms with van der Waals surface area (Å²) in [6.45, 7) is 2.33. The highest BCUT2D eigenvalue weighted by Crippen LogP contribution is 2.61. The van der Waals surface area contributed by atoms with Gasteiger partial charge in [-0.15, -0.1) is 0 Å². The maximum Gasteiger partial charge on any atom is 0.119 e. The molecule has 0 spiro atoms. The molecule has 2 N–H and O–H groups in total. The van der Waals surface area contributed by atoms with E-state index >= 15 is 0 Å². The number of aromatic hydroxyl groups is 1. The maximum absolute atomic E-state index is 10.6. The molecule has 0 bridgehead atoms. The fraction of sp³-hybridized carbons (Fsp3) is 0.481. The van der Waals surface area contributed by atoms with Crippen molar-refractivity contribution in [3.8, 4) is 5.75 Å². The van der Waals surface area contributed by atoms with Gasteiger partial charge in [-0.3, -0.25) is 0 Å². The largest absolute Gasteiger partial charge is 0.508 e. The predicted molar refractivity (Wildman–Crippen MR) is 118 cm³/mol. The van der Waals surface area contributed by atoms with Crippen molar-refractivity contribution in [2.45, 2.75) is 63.9 Å². The van der Waals surface area contributed by atoms with Gasteiger partial charge in [-0.25, -0.2) is 0 Å². The molecule has 29 heavy (non-hydrogen) atoms. The lowest BCUT2D eigenvalue weighted by atomic mass is 9.55. The van der Waals surface area contributed by atoms with E-state index in [4.69, 9.17) is 0 Å². The number of aliphatic hydroxyl groups excluding tert-OH is 1. The second-order valence-corrected chi connectivity index (χ2v) is 9.75. The lowest BCUT2D eigenvalue weighted by molar-refractivity contribution is -0.0226. The highest BCUT2D eigenvalue weighted by Gasteiger charge is 2.54. The van der Waals surface area contributed by atoms with E-state index in [-0.39, 0.29) is 11.5 Å². The van der Waals surface area contributed by atoms with Gasteiger partial charge >= 0.3 is 0 Å². The Morgan fingerprint density at radius 2 is 1.90 bits per heavy atom. The van der Waals surface area contributed by atoms with Crippen LogP contribution in [-0.4, -0.2) is 16.3 Å². The van der Waals surface area contributed by atoms with Gasteiger partial charge in [0.1, 0.15) is 5.75 Å². The predicted octanol–water partition coefficient (Wildman–Crippen LogP) is 5.87. The smallest absolute Gasteiger partial charge is 0.119 e. The molecule has 0 aromatic heterocycles. The standard InChI is InChI=1S/C27H32O2/c1-27-15-14-21-22(24(27)12-13-26(27)29)11-10-19-17-25(28)20(16-23(19)21)9-5-8-18-6-3-2-4-7-18/h2-8,16-17,21-22,24,26,28-29H,9-15H2,1H3/b8-5+/t21-,22+,24-,26-,27-/m0/s1. The van der Waals surface area contributed by atoms with Crippen molar-refractivity contribution >= 4 is 6.08 Å². The van der Waals surface area contributed by atoms with Gasteiger partial charge in [0.2, 0.25) is 0 Å². The SMILES string of the molecule is C[C@]12CC[C@@H]3c4cc(C/C=C/c5ccccc5)c(O)cc4CC[C@H]3[C@@H]1CC[C@@H]2O. The van der Waals surface area contributed by atoms with Crippen molar-refractivity contribution in [2.24, 2.45) is 17.3 Å². The van der Waals surface area contributed by atoms with Gasteiger partial charge in [0, 0.05) is 0 Å². The van der Waals surface area contributed by atoms with Crippen molar-refractivity contribution < 1.29 is 10.2 Å². The minimum atomic E-state index is -0.117. The van der Waals surface area contributed by atoms with Gasteiger partial charge < -0.3 is 10.2 Å². The summed E-state index contributed by atoms with van der Waals surface area (Å²) in [5, 5.41) is 21.2. The van der Waals surface area contributed by atoms with Crippen molar-refractivity contribution in [1.29, 1.82) is 0 Å². The maximum atomic E-state index is 10.6. The van der Waals surface area contributed by atoms with E-state index in [0.717, 1.165) is 31.2 Å². The Balaban J connectivity index is 1.40. The van der Waals surface area contributed by atoms with Gasteiger partial charge in [0.25, 0.3) is 0 Å². The molecule has 2 fully saturated rings. The molecule has 5 atom stereocenters. The van der Waals surface area contributed by atoms with Crippen molar-refractivity contribution in [2.75, 3.05) is 0 Å². The summed E-state index contributed by atoms with van der Waals surface area (Å²) in [4.78, 5) is 0.